The quantitative estimate of drug-likeness (QED) is 0.174. The van der Waals surface area contributed by atoms with Gasteiger partial charge in [0.2, 0.25) is 0 Å². The number of carboxylic acids is 1. The number of rotatable bonds is 11. The van der Waals surface area contributed by atoms with Crippen LogP contribution in [0, 0.1) is 12.7 Å². The lowest BCUT2D eigenvalue weighted by Gasteiger charge is -2.21. The molecule has 2 atom stereocenters. The fourth-order valence-electron chi connectivity index (χ4n) is 4.16. The number of carbonyl (C=O) groups is 1. The van der Waals surface area contributed by atoms with Gasteiger partial charge in [0.25, 0.3) is 0 Å². The van der Waals surface area contributed by atoms with Gasteiger partial charge in [0.05, 0.1) is 6.10 Å². The largest absolute Gasteiger partial charge is 0.508 e. The molecule has 0 spiro atoms. The van der Waals surface area contributed by atoms with E-state index in [9.17, 15) is 24.5 Å². The molecule has 4 N–H and O–H groups in total. The average Bonchev–Trinajstić information content (AvgIpc) is 2.92. The molecule has 0 radical (unpaired) electrons. The van der Waals surface area contributed by atoms with E-state index >= 15 is 0 Å². The highest BCUT2D eigenvalue weighted by molar-refractivity contribution is 5.92. The Hall–Kier alpha value is -4.40. The SMILES string of the molecule is Cc1cc(OCCN[C@H](C)[C@H](O)c2ccc(O)cc2)ccc1-c1ccc(C(=O)O)c(Oc2ccc(F)cc2)c1. The molecule has 0 saturated carbocycles. The second kappa shape index (κ2) is 12.4. The predicted octanol–water partition coefficient (Wildman–Crippen LogP) is 6.09. The molecule has 4 aromatic rings. The molecular formula is C31H30FNO6. The fraction of sp³-hybridized carbons (Fsp3) is 0.194. The van der Waals surface area contributed by atoms with Crippen LogP contribution in [0.25, 0.3) is 11.1 Å². The molecule has 8 heteroatoms. The molecule has 202 valence electrons. The van der Waals surface area contributed by atoms with Crippen molar-refractivity contribution in [2.24, 2.45) is 0 Å². The lowest BCUT2D eigenvalue weighted by molar-refractivity contribution is 0.0694. The number of phenols is 1. The Morgan fingerprint density at radius 2 is 1.64 bits per heavy atom. The van der Waals surface area contributed by atoms with E-state index in [0.717, 1.165) is 16.7 Å². The number of phenolic OH excluding ortho intramolecular Hbond substituents is 1. The Labute approximate surface area is 226 Å². The highest BCUT2D eigenvalue weighted by Crippen LogP contribution is 2.33. The minimum atomic E-state index is -1.13. The predicted molar refractivity (Wildman–Crippen MR) is 146 cm³/mol. The Bertz CT molecular complexity index is 1420. The van der Waals surface area contributed by atoms with Crippen LogP contribution in [0.2, 0.25) is 0 Å². The number of carboxylic acid groups (broad SMARTS) is 1. The first kappa shape index (κ1) is 27.6. The third kappa shape index (κ3) is 7.13. The zero-order chi connectivity index (χ0) is 27.9. The van der Waals surface area contributed by atoms with Gasteiger partial charge >= 0.3 is 5.97 Å². The van der Waals surface area contributed by atoms with E-state index < -0.39 is 17.9 Å². The van der Waals surface area contributed by atoms with Crippen molar-refractivity contribution in [3.05, 3.63) is 107 Å². The van der Waals surface area contributed by atoms with E-state index in [1.165, 1.54) is 30.3 Å². The third-order valence-corrected chi connectivity index (χ3v) is 6.31. The topological polar surface area (TPSA) is 108 Å². The molecule has 39 heavy (non-hydrogen) atoms. The standard InChI is InChI=1S/C31H30FNO6/c1-19-17-26(38-16-15-33-20(2)30(35)21-3-8-24(34)9-4-21)12-14-27(19)22-5-13-28(31(36)37)29(18-22)39-25-10-6-23(32)7-11-25/h3-14,17-18,20,30,33-35H,15-16H2,1-2H3,(H,36,37)/t20-,30+/m1/s1. The molecule has 0 aromatic heterocycles. The number of hydrogen-bond acceptors (Lipinski definition) is 6. The average molecular weight is 532 g/mol. The van der Waals surface area contributed by atoms with Crippen LogP contribution in [0.15, 0.2) is 84.9 Å². The van der Waals surface area contributed by atoms with Gasteiger partial charge in [-0.3, -0.25) is 0 Å². The van der Waals surface area contributed by atoms with Crippen molar-refractivity contribution < 1.29 is 34.0 Å². The lowest BCUT2D eigenvalue weighted by atomic mass is 9.98. The first-order valence-electron chi connectivity index (χ1n) is 12.5. The number of nitrogens with one attached hydrogen (secondary N) is 1. The van der Waals surface area contributed by atoms with E-state index in [2.05, 4.69) is 5.32 Å². The highest BCUT2D eigenvalue weighted by atomic mass is 19.1. The monoisotopic (exact) mass is 531 g/mol. The first-order valence-corrected chi connectivity index (χ1v) is 12.5. The summed E-state index contributed by atoms with van der Waals surface area (Å²) in [5.74, 6) is -0.231. The van der Waals surface area contributed by atoms with E-state index in [4.69, 9.17) is 9.47 Å². The second-order valence-corrected chi connectivity index (χ2v) is 9.18. The molecule has 0 aliphatic rings. The molecule has 0 fully saturated rings. The van der Waals surface area contributed by atoms with E-state index in [0.29, 0.717) is 30.2 Å². The van der Waals surface area contributed by atoms with Gasteiger partial charge in [0.1, 0.15) is 41.0 Å². The molecule has 4 rings (SSSR count). The maximum atomic E-state index is 13.3. The van der Waals surface area contributed by atoms with Crippen LogP contribution in [0.3, 0.4) is 0 Å². The summed E-state index contributed by atoms with van der Waals surface area (Å²) in [5.41, 5.74) is 3.28. The lowest BCUT2D eigenvalue weighted by Crippen LogP contribution is -2.35. The summed E-state index contributed by atoms with van der Waals surface area (Å²) in [6, 6.07) is 22.1. The van der Waals surface area contributed by atoms with Crippen molar-refractivity contribution >= 4 is 5.97 Å². The minimum Gasteiger partial charge on any atom is -0.508 e. The zero-order valence-electron chi connectivity index (χ0n) is 21.6. The number of aryl methyl sites for hydroxylation is 1. The number of ether oxygens (including phenoxy) is 2. The van der Waals surface area contributed by atoms with Crippen molar-refractivity contribution in [1.29, 1.82) is 0 Å². The van der Waals surface area contributed by atoms with Gasteiger partial charge in [0.15, 0.2) is 0 Å². The van der Waals surface area contributed by atoms with Gasteiger partial charge in [-0.25, -0.2) is 9.18 Å². The molecule has 7 nitrogen and oxygen atoms in total. The van der Waals surface area contributed by atoms with Gasteiger partial charge in [-0.2, -0.15) is 0 Å². The number of aromatic carboxylic acids is 1. The Morgan fingerprint density at radius 3 is 2.31 bits per heavy atom. The molecule has 4 aromatic carbocycles. The third-order valence-electron chi connectivity index (χ3n) is 6.31. The Kier molecular flexibility index (Phi) is 8.81. The minimum absolute atomic E-state index is 0.00191. The summed E-state index contributed by atoms with van der Waals surface area (Å²) < 4.78 is 24.9. The first-order chi connectivity index (χ1) is 18.7. The van der Waals surface area contributed by atoms with Crippen molar-refractivity contribution in [2.45, 2.75) is 26.0 Å². The molecule has 0 amide bonds. The maximum Gasteiger partial charge on any atom is 0.339 e. The zero-order valence-corrected chi connectivity index (χ0v) is 21.6. The van der Waals surface area contributed by atoms with Crippen LogP contribution >= 0.6 is 0 Å². The summed E-state index contributed by atoms with van der Waals surface area (Å²) in [7, 11) is 0. The van der Waals surface area contributed by atoms with Crippen LogP contribution in [-0.4, -0.2) is 40.5 Å². The van der Waals surface area contributed by atoms with E-state index in [-0.39, 0.29) is 23.1 Å². The van der Waals surface area contributed by atoms with Crippen molar-refractivity contribution in [2.75, 3.05) is 13.2 Å². The highest BCUT2D eigenvalue weighted by Gasteiger charge is 2.17. The number of halogens is 1. The van der Waals surface area contributed by atoms with Gasteiger partial charge < -0.3 is 30.1 Å². The molecule has 0 aliphatic carbocycles. The van der Waals surface area contributed by atoms with Crippen LogP contribution in [0.5, 0.6) is 23.0 Å². The van der Waals surface area contributed by atoms with Gasteiger partial charge in [0, 0.05) is 12.6 Å². The number of benzene rings is 4. The molecule has 0 saturated heterocycles. The molecule has 0 aliphatic heterocycles. The van der Waals surface area contributed by atoms with Crippen molar-refractivity contribution in [3.8, 4) is 34.1 Å². The van der Waals surface area contributed by atoms with E-state index in [1.54, 1.807) is 36.4 Å². The smallest absolute Gasteiger partial charge is 0.339 e. The summed E-state index contributed by atoms with van der Waals surface area (Å²) >= 11 is 0. The number of aliphatic hydroxyl groups is 1. The second-order valence-electron chi connectivity index (χ2n) is 9.18. The molecular weight excluding hydrogens is 501 g/mol. The molecule has 0 heterocycles. The normalized spacial score (nSPS) is 12.5. The van der Waals surface area contributed by atoms with Gasteiger partial charge in [-0.1, -0.05) is 24.3 Å². The van der Waals surface area contributed by atoms with Crippen molar-refractivity contribution in [1.82, 2.24) is 5.32 Å². The summed E-state index contributed by atoms with van der Waals surface area (Å²) in [6.45, 7) is 4.70. The summed E-state index contributed by atoms with van der Waals surface area (Å²) in [4.78, 5) is 11.7. The van der Waals surface area contributed by atoms with Crippen molar-refractivity contribution in [3.63, 3.8) is 0 Å². The summed E-state index contributed by atoms with van der Waals surface area (Å²) in [6.07, 6.45) is -0.725. The number of aliphatic hydroxyl groups excluding tert-OH is 1. The molecule has 0 unspecified atom stereocenters. The van der Waals surface area contributed by atoms with Crippen LogP contribution in [0.4, 0.5) is 4.39 Å². The molecule has 0 bridgehead atoms. The Morgan fingerprint density at radius 1 is 0.949 bits per heavy atom. The maximum absolute atomic E-state index is 13.3. The van der Waals surface area contributed by atoms with E-state index in [1.807, 2.05) is 32.0 Å². The fourth-order valence-corrected chi connectivity index (χ4v) is 4.16. The van der Waals surface area contributed by atoms with Crippen LogP contribution in [0.1, 0.15) is 34.5 Å². The number of hydrogen-bond donors (Lipinski definition) is 4. The van der Waals surface area contributed by atoms with Crippen LogP contribution < -0.4 is 14.8 Å². The van der Waals surface area contributed by atoms with Crippen LogP contribution in [-0.2, 0) is 0 Å². The number of aromatic hydroxyl groups is 1. The van der Waals surface area contributed by atoms with Gasteiger partial charge in [-0.05, 0) is 96.8 Å². The summed E-state index contributed by atoms with van der Waals surface area (Å²) in [5, 5.41) is 32.7. The Balaban J connectivity index is 1.39. The van der Waals surface area contributed by atoms with Gasteiger partial charge in [-0.15, -0.1) is 0 Å².